The van der Waals surface area contributed by atoms with Gasteiger partial charge in [0, 0.05) is 37.0 Å². The van der Waals surface area contributed by atoms with Crippen molar-refractivity contribution in [2.75, 3.05) is 25.9 Å². The zero-order chi connectivity index (χ0) is 15.2. The van der Waals surface area contributed by atoms with Crippen LogP contribution in [0.15, 0.2) is 30.3 Å². The summed E-state index contributed by atoms with van der Waals surface area (Å²) in [5.74, 6) is 0.712. The van der Waals surface area contributed by atoms with Crippen LogP contribution in [0, 0.1) is 5.92 Å². The minimum absolute atomic E-state index is 0.580. The van der Waals surface area contributed by atoms with E-state index < -0.39 is 0 Å². The van der Waals surface area contributed by atoms with Crippen LogP contribution in [0.5, 0.6) is 0 Å². The van der Waals surface area contributed by atoms with Crippen molar-refractivity contribution in [1.82, 2.24) is 10.2 Å². The zero-order valence-corrected chi connectivity index (χ0v) is 14.7. The van der Waals surface area contributed by atoms with Gasteiger partial charge in [0.15, 0.2) is 0 Å². The highest BCUT2D eigenvalue weighted by Crippen LogP contribution is 2.19. The van der Waals surface area contributed by atoms with Crippen molar-refractivity contribution in [3.05, 3.63) is 35.9 Å². The minimum Gasteiger partial charge on any atom is -0.311 e. The van der Waals surface area contributed by atoms with Crippen LogP contribution in [-0.4, -0.2) is 48.1 Å². The zero-order valence-electron chi connectivity index (χ0n) is 13.9. The topological polar surface area (TPSA) is 15.3 Å². The molecular formula is C18H30N2S. The molecule has 3 atom stereocenters. The first kappa shape index (κ1) is 16.9. The smallest absolute Gasteiger partial charge is 0.0244 e. The predicted molar refractivity (Wildman–Crippen MR) is 95.1 cm³/mol. The standard InChI is InChI=1S/C18H30N2S/c1-14(2)18-11-19-17(10-16-8-6-5-7-9-16)13-20(18)12-15(3)21-4/h5-9,14-15,17-19H,10-13H2,1-4H3. The predicted octanol–water partition coefficient (Wildman–Crippen LogP) is 3.28. The number of piperazine rings is 1. The molecule has 0 bridgehead atoms. The Kier molecular flexibility index (Phi) is 6.59. The molecule has 0 spiro atoms. The Hall–Kier alpha value is -0.510. The highest BCUT2D eigenvalue weighted by Gasteiger charge is 2.30. The third-order valence-electron chi connectivity index (χ3n) is 4.53. The van der Waals surface area contributed by atoms with Crippen LogP contribution in [0.25, 0.3) is 0 Å². The summed E-state index contributed by atoms with van der Waals surface area (Å²) in [5.41, 5.74) is 1.44. The molecule has 1 aromatic rings. The fraction of sp³-hybridized carbons (Fsp3) is 0.667. The lowest BCUT2D eigenvalue weighted by Gasteiger charge is -2.43. The van der Waals surface area contributed by atoms with E-state index in [0.29, 0.717) is 23.3 Å². The summed E-state index contributed by atoms with van der Waals surface area (Å²) >= 11 is 1.98. The van der Waals surface area contributed by atoms with Crippen molar-refractivity contribution in [2.45, 2.75) is 44.5 Å². The second kappa shape index (κ2) is 8.21. The fourth-order valence-electron chi connectivity index (χ4n) is 3.21. The minimum atomic E-state index is 0.580. The maximum absolute atomic E-state index is 3.77. The number of hydrogen-bond acceptors (Lipinski definition) is 3. The molecule has 21 heavy (non-hydrogen) atoms. The molecule has 1 aliphatic heterocycles. The van der Waals surface area contributed by atoms with Crippen LogP contribution in [-0.2, 0) is 6.42 Å². The summed E-state index contributed by atoms with van der Waals surface area (Å²) in [4.78, 5) is 2.72. The van der Waals surface area contributed by atoms with Crippen molar-refractivity contribution in [2.24, 2.45) is 5.92 Å². The maximum atomic E-state index is 3.77. The number of rotatable bonds is 6. The van der Waals surface area contributed by atoms with Gasteiger partial charge in [-0.15, -0.1) is 0 Å². The summed E-state index contributed by atoms with van der Waals surface area (Å²) in [6.07, 6.45) is 3.36. The molecule has 1 aromatic carbocycles. The van der Waals surface area contributed by atoms with Crippen LogP contribution in [0.2, 0.25) is 0 Å². The molecule has 2 rings (SSSR count). The van der Waals surface area contributed by atoms with Gasteiger partial charge >= 0.3 is 0 Å². The summed E-state index contributed by atoms with van der Waals surface area (Å²) < 4.78 is 0. The monoisotopic (exact) mass is 306 g/mol. The Morgan fingerprint density at radius 2 is 1.95 bits per heavy atom. The third-order valence-corrected chi connectivity index (χ3v) is 5.48. The second-order valence-electron chi connectivity index (χ2n) is 6.61. The molecule has 118 valence electrons. The molecule has 3 unspecified atom stereocenters. The average Bonchev–Trinajstić information content (AvgIpc) is 2.48. The van der Waals surface area contributed by atoms with E-state index in [9.17, 15) is 0 Å². The number of benzene rings is 1. The van der Waals surface area contributed by atoms with Gasteiger partial charge in [-0.3, -0.25) is 4.90 Å². The molecule has 1 N–H and O–H groups in total. The lowest BCUT2D eigenvalue weighted by Crippen LogP contribution is -2.59. The van der Waals surface area contributed by atoms with Gasteiger partial charge in [-0.2, -0.15) is 11.8 Å². The lowest BCUT2D eigenvalue weighted by atomic mass is 9.95. The largest absolute Gasteiger partial charge is 0.311 e. The third kappa shape index (κ3) is 5.01. The molecule has 0 saturated carbocycles. The molecule has 2 nitrogen and oxygen atoms in total. The first-order valence-corrected chi connectivity index (χ1v) is 9.43. The Bertz CT molecular complexity index is 407. The number of thioether (sulfide) groups is 1. The van der Waals surface area contributed by atoms with Crippen LogP contribution < -0.4 is 5.32 Å². The van der Waals surface area contributed by atoms with Crippen molar-refractivity contribution in [3.63, 3.8) is 0 Å². The summed E-state index contributed by atoms with van der Waals surface area (Å²) in [6, 6.07) is 12.1. The van der Waals surface area contributed by atoms with Crippen LogP contribution in [0.4, 0.5) is 0 Å². The molecule has 1 aliphatic rings. The molecular weight excluding hydrogens is 276 g/mol. The molecule has 0 amide bonds. The average molecular weight is 307 g/mol. The van der Waals surface area contributed by atoms with Gasteiger partial charge in [0.05, 0.1) is 0 Å². The van der Waals surface area contributed by atoms with Gasteiger partial charge in [0.2, 0.25) is 0 Å². The van der Waals surface area contributed by atoms with E-state index in [1.54, 1.807) is 0 Å². The lowest BCUT2D eigenvalue weighted by molar-refractivity contribution is 0.1000. The SMILES string of the molecule is CSC(C)CN1CC(Cc2ccccc2)NCC1C(C)C. The van der Waals surface area contributed by atoms with E-state index in [1.807, 2.05) is 11.8 Å². The van der Waals surface area contributed by atoms with Crippen molar-refractivity contribution < 1.29 is 0 Å². The first-order chi connectivity index (χ1) is 10.1. The first-order valence-electron chi connectivity index (χ1n) is 8.14. The van der Waals surface area contributed by atoms with E-state index >= 15 is 0 Å². The summed E-state index contributed by atoms with van der Waals surface area (Å²) in [5, 5.41) is 4.48. The van der Waals surface area contributed by atoms with Crippen molar-refractivity contribution in [1.29, 1.82) is 0 Å². The Balaban J connectivity index is 1.97. The quantitative estimate of drug-likeness (QED) is 0.868. The maximum Gasteiger partial charge on any atom is 0.0244 e. The molecule has 1 saturated heterocycles. The molecule has 1 heterocycles. The molecule has 0 aromatic heterocycles. The molecule has 3 heteroatoms. The van der Waals surface area contributed by atoms with E-state index in [1.165, 1.54) is 18.7 Å². The van der Waals surface area contributed by atoms with Gasteiger partial charge in [0.25, 0.3) is 0 Å². The van der Waals surface area contributed by atoms with Crippen LogP contribution >= 0.6 is 11.8 Å². The van der Waals surface area contributed by atoms with Crippen molar-refractivity contribution >= 4 is 11.8 Å². The van der Waals surface area contributed by atoms with Gasteiger partial charge in [-0.25, -0.2) is 0 Å². The summed E-state index contributed by atoms with van der Waals surface area (Å²) in [7, 11) is 0. The Labute approximate surface area is 134 Å². The van der Waals surface area contributed by atoms with Gasteiger partial charge < -0.3 is 5.32 Å². The molecule has 0 radical (unpaired) electrons. The molecule has 0 aliphatic carbocycles. The highest BCUT2D eigenvalue weighted by molar-refractivity contribution is 7.99. The van der Waals surface area contributed by atoms with Gasteiger partial charge in [-0.1, -0.05) is 51.1 Å². The normalized spacial score (nSPS) is 25.2. The van der Waals surface area contributed by atoms with E-state index in [4.69, 9.17) is 0 Å². The van der Waals surface area contributed by atoms with E-state index in [-0.39, 0.29) is 0 Å². The van der Waals surface area contributed by atoms with Gasteiger partial charge in [0.1, 0.15) is 0 Å². The second-order valence-corrected chi connectivity index (χ2v) is 7.88. The van der Waals surface area contributed by atoms with E-state index in [0.717, 1.165) is 13.0 Å². The fourth-order valence-corrected chi connectivity index (χ4v) is 3.55. The Morgan fingerprint density at radius 3 is 2.57 bits per heavy atom. The number of nitrogens with one attached hydrogen (secondary N) is 1. The number of nitrogens with zero attached hydrogens (tertiary/aromatic N) is 1. The van der Waals surface area contributed by atoms with Crippen LogP contribution in [0.1, 0.15) is 26.3 Å². The summed E-state index contributed by atoms with van der Waals surface area (Å²) in [6.45, 7) is 10.5. The highest BCUT2D eigenvalue weighted by atomic mass is 32.2. The number of hydrogen-bond donors (Lipinski definition) is 1. The Morgan fingerprint density at radius 1 is 1.24 bits per heavy atom. The van der Waals surface area contributed by atoms with Gasteiger partial charge in [-0.05, 0) is 24.2 Å². The molecule has 1 fully saturated rings. The van der Waals surface area contributed by atoms with Crippen LogP contribution in [0.3, 0.4) is 0 Å². The van der Waals surface area contributed by atoms with E-state index in [2.05, 4.69) is 67.6 Å². The van der Waals surface area contributed by atoms with Crippen molar-refractivity contribution in [3.8, 4) is 0 Å².